The van der Waals surface area contributed by atoms with Gasteiger partial charge in [0.1, 0.15) is 0 Å². The van der Waals surface area contributed by atoms with E-state index in [-0.39, 0.29) is 5.41 Å². The van der Waals surface area contributed by atoms with E-state index in [2.05, 4.69) is 200 Å². The molecule has 0 radical (unpaired) electrons. The number of hydrogen-bond acceptors (Lipinski definition) is 2. The predicted molar refractivity (Wildman–Crippen MR) is 223 cm³/mol. The lowest BCUT2D eigenvalue weighted by atomic mass is 9.55. The Balaban J connectivity index is 1.20. The molecule has 0 aliphatic carbocycles. The van der Waals surface area contributed by atoms with Crippen LogP contribution in [0.15, 0.2) is 176 Å². The largest absolute Gasteiger partial charge is 0.355 e. The van der Waals surface area contributed by atoms with Crippen molar-refractivity contribution in [3.05, 3.63) is 187 Å². The fraction of sp³-hybridized carbons (Fsp3) is 0.0612. The van der Waals surface area contributed by atoms with Crippen molar-refractivity contribution in [3.63, 3.8) is 0 Å². The van der Waals surface area contributed by atoms with E-state index in [9.17, 15) is 0 Å². The normalized spacial score (nSPS) is 13.5. The van der Waals surface area contributed by atoms with Gasteiger partial charge in [0.2, 0.25) is 0 Å². The third-order valence-corrected chi connectivity index (χ3v) is 11.2. The molecule has 0 bridgehead atoms. The molecule has 52 heavy (non-hydrogen) atoms. The van der Waals surface area contributed by atoms with Crippen LogP contribution < -0.4 is 21.1 Å². The zero-order chi connectivity index (χ0) is 34.8. The molecule has 2 nitrogen and oxygen atoms in total. The highest BCUT2D eigenvalue weighted by atomic mass is 15.2. The van der Waals surface area contributed by atoms with Crippen LogP contribution in [0.3, 0.4) is 0 Å². The first-order valence-electron chi connectivity index (χ1n) is 18.2. The second-order valence-electron chi connectivity index (χ2n) is 14.6. The van der Waals surface area contributed by atoms with Crippen molar-refractivity contribution in [1.82, 2.24) is 0 Å². The van der Waals surface area contributed by atoms with Gasteiger partial charge in [-0.1, -0.05) is 165 Å². The molecule has 3 heteroatoms. The SMILES string of the molecule is CC1(C)c2ccccc2N2c3c(cccc31)Bc1c(-c3ccc(-c4ccccc4)cc3Nc3ccc(-c4ccccc4)cc3)cc3ccccc3c12. The average Bonchev–Trinajstić information content (AvgIpc) is 3.20. The summed E-state index contributed by atoms with van der Waals surface area (Å²) in [6.07, 6.45) is 0. The molecule has 0 saturated carbocycles. The Morgan fingerprint density at radius 1 is 0.500 bits per heavy atom. The second-order valence-corrected chi connectivity index (χ2v) is 14.6. The van der Waals surface area contributed by atoms with Crippen molar-refractivity contribution in [2.24, 2.45) is 0 Å². The molecule has 0 atom stereocenters. The summed E-state index contributed by atoms with van der Waals surface area (Å²) < 4.78 is 0. The summed E-state index contributed by atoms with van der Waals surface area (Å²) >= 11 is 0. The first kappa shape index (κ1) is 30.5. The summed E-state index contributed by atoms with van der Waals surface area (Å²) in [5.74, 6) is 0. The Hall–Kier alpha value is -6.32. The molecule has 2 aliphatic heterocycles. The Labute approximate surface area is 306 Å². The lowest BCUT2D eigenvalue weighted by Gasteiger charge is -2.46. The zero-order valence-electron chi connectivity index (χ0n) is 29.4. The summed E-state index contributed by atoms with van der Waals surface area (Å²) in [4.78, 5) is 2.59. The first-order valence-corrected chi connectivity index (χ1v) is 18.2. The minimum absolute atomic E-state index is 0.107. The van der Waals surface area contributed by atoms with Crippen molar-refractivity contribution < 1.29 is 0 Å². The maximum Gasteiger partial charge on any atom is 0.198 e. The number of nitrogens with zero attached hydrogens (tertiary/aromatic N) is 1. The highest BCUT2D eigenvalue weighted by Crippen LogP contribution is 2.53. The Kier molecular flexibility index (Phi) is 6.98. The molecule has 0 unspecified atom stereocenters. The van der Waals surface area contributed by atoms with Gasteiger partial charge in [0.05, 0.1) is 5.69 Å². The van der Waals surface area contributed by atoms with Gasteiger partial charge in [0.15, 0.2) is 7.28 Å². The van der Waals surface area contributed by atoms with Crippen LogP contribution in [-0.2, 0) is 5.41 Å². The maximum atomic E-state index is 3.89. The molecule has 2 heterocycles. The van der Waals surface area contributed by atoms with E-state index in [1.165, 1.54) is 83.3 Å². The number of anilines is 5. The molecule has 2 aliphatic rings. The van der Waals surface area contributed by atoms with Gasteiger partial charge < -0.3 is 10.2 Å². The van der Waals surface area contributed by atoms with E-state index in [0.717, 1.165) is 18.7 Å². The van der Waals surface area contributed by atoms with Gasteiger partial charge >= 0.3 is 0 Å². The van der Waals surface area contributed by atoms with E-state index in [0.29, 0.717) is 0 Å². The summed E-state index contributed by atoms with van der Waals surface area (Å²) in [5.41, 5.74) is 18.7. The standard InChI is InChI=1S/C49H37BN2/c1-49(2)41-20-11-12-23-45(41)52-47-38-19-10-9-18-36(38)30-40(46(47)50-43-22-13-21-42(49)48(43)52)39-29-26-35(33-16-7-4-8-17-33)31-44(39)51-37-27-24-34(25-28-37)32-14-5-3-6-15-32/h3-31,50-51H,1-2H3. The highest BCUT2D eigenvalue weighted by molar-refractivity contribution is 6.74. The fourth-order valence-electron chi connectivity index (χ4n) is 8.66. The predicted octanol–water partition coefficient (Wildman–Crippen LogP) is 11.4. The zero-order valence-corrected chi connectivity index (χ0v) is 29.4. The number of rotatable bonds is 5. The van der Waals surface area contributed by atoms with Crippen molar-refractivity contribution in [3.8, 4) is 33.4 Å². The Morgan fingerprint density at radius 3 is 1.92 bits per heavy atom. The van der Waals surface area contributed by atoms with E-state index >= 15 is 0 Å². The lowest BCUT2D eigenvalue weighted by molar-refractivity contribution is 0.632. The number of benzene rings is 8. The topological polar surface area (TPSA) is 15.3 Å². The van der Waals surface area contributed by atoms with E-state index in [4.69, 9.17) is 0 Å². The minimum atomic E-state index is -0.107. The van der Waals surface area contributed by atoms with Gasteiger partial charge in [0, 0.05) is 39.1 Å². The molecule has 0 amide bonds. The van der Waals surface area contributed by atoms with Crippen LogP contribution in [0.5, 0.6) is 0 Å². The first-order chi connectivity index (χ1) is 25.5. The van der Waals surface area contributed by atoms with Crippen LogP contribution in [0.2, 0.25) is 0 Å². The summed E-state index contributed by atoms with van der Waals surface area (Å²) in [5, 5.41) is 6.41. The van der Waals surface area contributed by atoms with Crippen molar-refractivity contribution in [2.75, 3.05) is 10.2 Å². The van der Waals surface area contributed by atoms with Crippen LogP contribution in [-0.4, -0.2) is 7.28 Å². The molecule has 0 spiro atoms. The quantitative estimate of drug-likeness (QED) is 0.184. The van der Waals surface area contributed by atoms with Gasteiger partial charge in [-0.05, 0) is 80.1 Å². The summed E-state index contributed by atoms with van der Waals surface area (Å²) in [6, 6.07) is 64.3. The Morgan fingerprint density at radius 2 is 1.13 bits per heavy atom. The van der Waals surface area contributed by atoms with E-state index in [1.54, 1.807) is 0 Å². The van der Waals surface area contributed by atoms with Crippen LogP contribution >= 0.6 is 0 Å². The lowest BCUT2D eigenvalue weighted by Crippen LogP contribution is -2.45. The number of hydrogen-bond donors (Lipinski definition) is 1. The average molecular weight is 665 g/mol. The van der Waals surface area contributed by atoms with Crippen molar-refractivity contribution in [2.45, 2.75) is 19.3 Å². The van der Waals surface area contributed by atoms with Gasteiger partial charge in [-0.15, -0.1) is 0 Å². The molecular weight excluding hydrogens is 627 g/mol. The molecule has 10 rings (SSSR count). The molecule has 1 N–H and O–H groups in total. The third-order valence-electron chi connectivity index (χ3n) is 11.2. The molecule has 246 valence electrons. The second kappa shape index (κ2) is 11.9. The van der Waals surface area contributed by atoms with Crippen LogP contribution in [0, 0.1) is 0 Å². The molecule has 0 saturated heterocycles. The number of nitrogens with one attached hydrogen (secondary N) is 1. The van der Waals surface area contributed by atoms with Gasteiger partial charge in [-0.3, -0.25) is 0 Å². The smallest absolute Gasteiger partial charge is 0.198 e. The van der Waals surface area contributed by atoms with E-state index in [1.807, 2.05) is 0 Å². The molecule has 0 aromatic heterocycles. The van der Waals surface area contributed by atoms with Gasteiger partial charge in [-0.25, -0.2) is 0 Å². The fourth-order valence-corrected chi connectivity index (χ4v) is 8.66. The van der Waals surface area contributed by atoms with Gasteiger partial charge in [-0.2, -0.15) is 0 Å². The molecule has 0 fully saturated rings. The van der Waals surface area contributed by atoms with Crippen molar-refractivity contribution >= 4 is 57.4 Å². The van der Waals surface area contributed by atoms with Crippen LogP contribution in [0.25, 0.3) is 44.2 Å². The Bertz CT molecular complexity index is 2640. The maximum absolute atomic E-state index is 3.89. The third kappa shape index (κ3) is 4.81. The summed E-state index contributed by atoms with van der Waals surface area (Å²) in [7, 11) is 0.860. The number of fused-ring (bicyclic) bond motifs is 6. The molecular formula is C49H37BN2. The monoisotopic (exact) mass is 664 g/mol. The van der Waals surface area contributed by atoms with Crippen LogP contribution in [0.4, 0.5) is 28.4 Å². The minimum Gasteiger partial charge on any atom is -0.355 e. The van der Waals surface area contributed by atoms with Crippen molar-refractivity contribution in [1.29, 1.82) is 0 Å². The van der Waals surface area contributed by atoms with Crippen LogP contribution in [0.1, 0.15) is 25.0 Å². The highest BCUT2D eigenvalue weighted by Gasteiger charge is 2.41. The van der Waals surface area contributed by atoms with Gasteiger partial charge in [0.25, 0.3) is 0 Å². The van der Waals surface area contributed by atoms with E-state index < -0.39 is 0 Å². The summed E-state index contributed by atoms with van der Waals surface area (Å²) in [6.45, 7) is 4.75. The number of para-hydroxylation sites is 2. The molecule has 8 aromatic rings. The molecule has 8 aromatic carbocycles.